The van der Waals surface area contributed by atoms with Gasteiger partial charge in [0.05, 0.1) is 20.6 Å². The van der Waals surface area contributed by atoms with Crippen LogP contribution in [-0.4, -0.2) is 25.3 Å². The molecule has 0 heterocycles. The number of ether oxygens (including phenoxy) is 2. The molecule has 0 bridgehead atoms. The van der Waals surface area contributed by atoms with E-state index >= 15 is 0 Å². The highest BCUT2D eigenvalue weighted by Gasteiger charge is 2.36. The number of carboxylic acids is 1. The van der Waals surface area contributed by atoms with E-state index in [0.29, 0.717) is 11.5 Å². The van der Waals surface area contributed by atoms with Crippen molar-refractivity contribution in [2.45, 2.75) is 32.6 Å². The van der Waals surface area contributed by atoms with Crippen LogP contribution in [0.2, 0.25) is 0 Å². The first kappa shape index (κ1) is 17.1. The number of carboxylic acid groups (broad SMARTS) is 1. The van der Waals surface area contributed by atoms with E-state index in [9.17, 15) is 9.90 Å². The molecule has 1 N–H and O–H groups in total. The Labute approximate surface area is 126 Å². The van der Waals surface area contributed by atoms with Crippen LogP contribution < -0.4 is 9.47 Å². The summed E-state index contributed by atoms with van der Waals surface area (Å²) in [7, 11) is 3.15. The van der Waals surface area contributed by atoms with Crippen molar-refractivity contribution in [2.75, 3.05) is 14.2 Å². The van der Waals surface area contributed by atoms with Crippen LogP contribution in [0.1, 0.15) is 32.8 Å². The van der Waals surface area contributed by atoms with Gasteiger partial charge in [-0.1, -0.05) is 32.1 Å². The van der Waals surface area contributed by atoms with Crippen molar-refractivity contribution in [3.05, 3.63) is 35.9 Å². The summed E-state index contributed by atoms with van der Waals surface area (Å²) in [6.07, 6.45) is 3.90. The normalized spacial score (nSPS) is 14.2. The van der Waals surface area contributed by atoms with Gasteiger partial charge in [-0.15, -0.1) is 0 Å². The summed E-state index contributed by atoms with van der Waals surface area (Å²) in [5, 5.41) is 9.32. The summed E-state index contributed by atoms with van der Waals surface area (Å²) in [4.78, 5) is 11.4. The van der Waals surface area contributed by atoms with Gasteiger partial charge >= 0.3 is 5.97 Å². The summed E-state index contributed by atoms with van der Waals surface area (Å²) in [6.45, 7) is 5.96. The Kier molecular flexibility index (Phi) is 5.82. The van der Waals surface area contributed by atoms with Gasteiger partial charge in [0, 0.05) is 5.41 Å². The molecule has 1 aromatic carbocycles. The molecule has 0 fully saturated rings. The Balaban J connectivity index is 3.47. The summed E-state index contributed by atoms with van der Waals surface area (Å²) < 4.78 is 10.6. The summed E-state index contributed by atoms with van der Waals surface area (Å²) in [5.41, 5.74) is 0.343. The predicted octanol–water partition coefficient (Wildman–Crippen LogP) is 3.65. The van der Waals surface area contributed by atoms with Gasteiger partial charge < -0.3 is 14.6 Å². The van der Waals surface area contributed by atoms with Gasteiger partial charge in [-0.25, -0.2) is 0 Å². The van der Waals surface area contributed by atoms with Crippen LogP contribution in [0.3, 0.4) is 0 Å². The fourth-order valence-electron chi connectivity index (χ4n) is 2.66. The molecule has 0 unspecified atom stereocenters. The number of allylic oxidation sites excluding steroid dienone is 2. The molecule has 0 aliphatic rings. The predicted molar refractivity (Wildman–Crippen MR) is 83.1 cm³/mol. The molecule has 4 heteroatoms. The van der Waals surface area contributed by atoms with Crippen LogP contribution in [0.4, 0.5) is 0 Å². The maximum atomic E-state index is 11.4. The lowest BCUT2D eigenvalue weighted by atomic mass is 9.69. The second-order valence-corrected chi connectivity index (χ2v) is 5.34. The third-order valence-electron chi connectivity index (χ3n) is 3.86. The molecule has 0 radical (unpaired) electrons. The van der Waals surface area contributed by atoms with E-state index in [1.165, 1.54) is 0 Å². The van der Waals surface area contributed by atoms with Gasteiger partial charge in [0.25, 0.3) is 0 Å². The highest BCUT2D eigenvalue weighted by Crippen LogP contribution is 2.41. The number of benzene rings is 1. The second-order valence-electron chi connectivity index (χ2n) is 5.34. The van der Waals surface area contributed by atoms with Crippen molar-refractivity contribution < 1.29 is 19.4 Å². The summed E-state index contributed by atoms with van der Waals surface area (Å²) >= 11 is 0. The SMILES string of the molecule is C/C=C/[C@@](CC(=O)O)(c1ccc(OC)c(OC)c1)C(C)C. The van der Waals surface area contributed by atoms with Crippen LogP contribution in [-0.2, 0) is 10.2 Å². The monoisotopic (exact) mass is 292 g/mol. The zero-order chi connectivity index (χ0) is 16.0. The first-order chi connectivity index (χ1) is 9.91. The Morgan fingerprint density at radius 2 is 1.90 bits per heavy atom. The average molecular weight is 292 g/mol. The molecule has 1 aromatic rings. The van der Waals surface area contributed by atoms with Crippen LogP contribution in [0.15, 0.2) is 30.4 Å². The number of hydrogen-bond acceptors (Lipinski definition) is 3. The molecule has 0 saturated carbocycles. The highest BCUT2D eigenvalue weighted by atomic mass is 16.5. The third-order valence-corrected chi connectivity index (χ3v) is 3.86. The van der Waals surface area contributed by atoms with E-state index in [1.54, 1.807) is 14.2 Å². The fraction of sp³-hybridized carbons (Fsp3) is 0.471. The summed E-state index contributed by atoms with van der Waals surface area (Å²) in [5.74, 6) is 0.545. The molecule has 0 saturated heterocycles. The molecule has 0 amide bonds. The average Bonchev–Trinajstić information content (AvgIpc) is 2.45. The molecule has 1 atom stereocenters. The molecule has 4 nitrogen and oxygen atoms in total. The minimum atomic E-state index is -0.823. The minimum Gasteiger partial charge on any atom is -0.493 e. The largest absolute Gasteiger partial charge is 0.493 e. The second kappa shape index (κ2) is 7.16. The van der Waals surface area contributed by atoms with Gasteiger partial charge in [-0.05, 0) is 30.5 Å². The topological polar surface area (TPSA) is 55.8 Å². The quantitative estimate of drug-likeness (QED) is 0.779. The van der Waals surface area contributed by atoms with Gasteiger partial charge in [-0.3, -0.25) is 4.79 Å². The fourth-order valence-corrected chi connectivity index (χ4v) is 2.66. The Morgan fingerprint density at radius 1 is 1.29 bits per heavy atom. The van der Waals surface area contributed by atoms with E-state index < -0.39 is 11.4 Å². The highest BCUT2D eigenvalue weighted by molar-refractivity contribution is 5.70. The number of methoxy groups -OCH3 is 2. The Morgan fingerprint density at radius 3 is 2.33 bits per heavy atom. The number of aliphatic carboxylic acids is 1. The lowest BCUT2D eigenvalue weighted by molar-refractivity contribution is -0.138. The lowest BCUT2D eigenvalue weighted by Gasteiger charge is -2.34. The van der Waals surface area contributed by atoms with Gasteiger partial charge in [0.1, 0.15) is 0 Å². The zero-order valence-electron chi connectivity index (χ0n) is 13.3. The van der Waals surface area contributed by atoms with Crippen LogP contribution in [0.5, 0.6) is 11.5 Å². The standard InChI is InChI=1S/C17H24O4/c1-6-9-17(12(2)3,11-16(18)19)13-7-8-14(20-4)15(10-13)21-5/h6-10,12H,11H2,1-5H3,(H,18,19)/b9-6+/t17-/m0/s1. The van der Waals surface area contributed by atoms with Crippen molar-refractivity contribution in [3.63, 3.8) is 0 Å². The maximum absolute atomic E-state index is 11.4. The Hall–Kier alpha value is -1.97. The lowest BCUT2D eigenvalue weighted by Crippen LogP contribution is -2.33. The van der Waals surface area contributed by atoms with E-state index in [0.717, 1.165) is 5.56 Å². The number of carbonyl (C=O) groups is 1. The maximum Gasteiger partial charge on any atom is 0.304 e. The van der Waals surface area contributed by atoms with Crippen molar-refractivity contribution in [2.24, 2.45) is 5.92 Å². The zero-order valence-corrected chi connectivity index (χ0v) is 13.3. The number of hydrogen-bond donors (Lipinski definition) is 1. The van der Waals surface area contributed by atoms with E-state index in [-0.39, 0.29) is 12.3 Å². The molecular formula is C17H24O4. The van der Waals surface area contributed by atoms with E-state index in [2.05, 4.69) is 0 Å². The molecule has 0 aliphatic heterocycles. The smallest absolute Gasteiger partial charge is 0.304 e. The van der Waals surface area contributed by atoms with E-state index in [1.807, 2.05) is 51.1 Å². The molecule has 0 spiro atoms. The molecular weight excluding hydrogens is 268 g/mol. The van der Waals surface area contributed by atoms with Gasteiger partial charge in [0.15, 0.2) is 11.5 Å². The Bertz CT molecular complexity index is 520. The van der Waals surface area contributed by atoms with Crippen molar-refractivity contribution in [1.29, 1.82) is 0 Å². The van der Waals surface area contributed by atoms with Gasteiger partial charge in [0.2, 0.25) is 0 Å². The minimum absolute atomic E-state index is 0.0322. The molecule has 1 rings (SSSR count). The molecule has 21 heavy (non-hydrogen) atoms. The van der Waals surface area contributed by atoms with Crippen LogP contribution in [0.25, 0.3) is 0 Å². The molecule has 0 aromatic heterocycles. The van der Waals surface area contributed by atoms with E-state index in [4.69, 9.17) is 9.47 Å². The van der Waals surface area contributed by atoms with Gasteiger partial charge in [-0.2, -0.15) is 0 Å². The van der Waals surface area contributed by atoms with Crippen LogP contribution >= 0.6 is 0 Å². The third kappa shape index (κ3) is 3.57. The van der Waals surface area contributed by atoms with Crippen molar-refractivity contribution >= 4 is 5.97 Å². The van der Waals surface area contributed by atoms with Crippen LogP contribution in [0, 0.1) is 5.92 Å². The first-order valence-corrected chi connectivity index (χ1v) is 6.99. The molecule has 0 aliphatic carbocycles. The first-order valence-electron chi connectivity index (χ1n) is 6.99. The van der Waals surface area contributed by atoms with Crippen molar-refractivity contribution in [1.82, 2.24) is 0 Å². The summed E-state index contributed by atoms with van der Waals surface area (Å²) in [6, 6.07) is 5.59. The van der Waals surface area contributed by atoms with Crippen molar-refractivity contribution in [3.8, 4) is 11.5 Å². The molecule has 116 valence electrons. The number of rotatable bonds is 7.